The van der Waals surface area contributed by atoms with Crippen molar-refractivity contribution in [2.45, 2.75) is 124 Å². The minimum Gasteiger partial charge on any atom is -0.549 e. The highest BCUT2D eigenvalue weighted by Crippen LogP contribution is 2.67. The van der Waals surface area contributed by atoms with Gasteiger partial charge in [0.15, 0.2) is 0 Å². The molecule has 0 saturated heterocycles. The van der Waals surface area contributed by atoms with Gasteiger partial charge in [0.25, 0.3) is 0 Å². The van der Waals surface area contributed by atoms with Gasteiger partial charge in [-0.25, -0.2) is 4.79 Å². The van der Waals surface area contributed by atoms with Crippen molar-refractivity contribution in [3.8, 4) is 0 Å². The van der Waals surface area contributed by atoms with Crippen molar-refractivity contribution in [3.05, 3.63) is 23.9 Å². The van der Waals surface area contributed by atoms with Gasteiger partial charge in [-0.05, 0) is 104 Å². The Labute approximate surface area is 281 Å². The molecule has 4 aliphatic carbocycles. The molecule has 0 aromatic heterocycles. The Morgan fingerprint density at radius 1 is 1.02 bits per heavy atom. The molecule has 4 rings (SSSR count). The number of nitrogens with one attached hydrogen (secondary N) is 2. The molecule has 1 amide bonds. The van der Waals surface area contributed by atoms with Gasteiger partial charge in [0.2, 0.25) is 0 Å². The lowest BCUT2D eigenvalue weighted by atomic mass is 9.47. The van der Waals surface area contributed by atoms with Crippen molar-refractivity contribution in [1.82, 2.24) is 10.6 Å². The number of alkyl carbamates (subject to hydrolysis) is 1. The first-order chi connectivity index (χ1) is 21.4. The summed E-state index contributed by atoms with van der Waals surface area (Å²) in [5.74, 6) is 4.87. The van der Waals surface area contributed by atoms with E-state index in [0.29, 0.717) is 18.5 Å². The van der Waals surface area contributed by atoms with Crippen LogP contribution in [-0.2, 0) is 9.53 Å². The van der Waals surface area contributed by atoms with Crippen LogP contribution in [0.4, 0.5) is 4.79 Å². The number of fused-ring (bicyclic) bond motifs is 5. The highest BCUT2D eigenvalue weighted by Gasteiger charge is 2.59. The van der Waals surface area contributed by atoms with E-state index in [1.54, 1.807) is 16.4 Å². The second-order valence-electron chi connectivity index (χ2n) is 15.6. The highest BCUT2D eigenvalue weighted by atomic mass is 33.1. The summed E-state index contributed by atoms with van der Waals surface area (Å²) < 4.78 is 5.93. The van der Waals surface area contributed by atoms with Crippen LogP contribution in [0.5, 0.6) is 0 Å². The molecule has 256 valence electrons. The van der Waals surface area contributed by atoms with E-state index < -0.39 is 5.97 Å². The zero-order valence-electron chi connectivity index (χ0n) is 28.8. The van der Waals surface area contributed by atoms with Gasteiger partial charge in [0.1, 0.15) is 6.10 Å². The first-order valence-corrected chi connectivity index (χ1v) is 20.4. The minimum absolute atomic E-state index is 0.0169. The monoisotopic (exact) mass is 661 g/mol. The number of hydrogen-bond donors (Lipinski definition) is 2. The van der Waals surface area contributed by atoms with E-state index in [4.69, 9.17) is 4.74 Å². The molecule has 0 aromatic carbocycles. The first kappa shape index (κ1) is 36.6. The lowest BCUT2D eigenvalue weighted by Gasteiger charge is -2.58. The third-order valence-corrected chi connectivity index (χ3v) is 14.6. The van der Waals surface area contributed by atoms with Crippen molar-refractivity contribution < 1.29 is 19.4 Å². The molecule has 0 bridgehead atoms. The maximum absolute atomic E-state index is 12.6. The molecule has 0 heterocycles. The zero-order chi connectivity index (χ0) is 32.6. The molecule has 8 unspecified atom stereocenters. The van der Waals surface area contributed by atoms with Crippen LogP contribution in [0.25, 0.3) is 0 Å². The normalized spacial score (nSPS) is 32.9. The van der Waals surface area contributed by atoms with Gasteiger partial charge in [-0.1, -0.05) is 93.7 Å². The van der Waals surface area contributed by atoms with E-state index in [9.17, 15) is 14.7 Å². The van der Waals surface area contributed by atoms with Gasteiger partial charge < -0.3 is 25.3 Å². The average Bonchev–Trinajstić information content (AvgIpc) is 3.34. The van der Waals surface area contributed by atoms with Crippen LogP contribution in [0, 0.1) is 46.3 Å². The summed E-state index contributed by atoms with van der Waals surface area (Å²) in [4.78, 5) is 23.1. The molecule has 2 N–H and O–H groups in total. The third kappa shape index (κ3) is 9.42. The van der Waals surface area contributed by atoms with Crippen molar-refractivity contribution in [1.29, 1.82) is 0 Å². The summed E-state index contributed by atoms with van der Waals surface area (Å²) in [6.45, 7) is 17.6. The topological polar surface area (TPSA) is 90.5 Å². The van der Waals surface area contributed by atoms with E-state index in [-0.39, 0.29) is 23.4 Å². The predicted molar refractivity (Wildman–Crippen MR) is 188 cm³/mol. The van der Waals surface area contributed by atoms with Gasteiger partial charge in [-0.2, -0.15) is 0 Å². The van der Waals surface area contributed by atoms with Crippen molar-refractivity contribution in [2.75, 3.05) is 24.6 Å². The van der Waals surface area contributed by atoms with Crippen LogP contribution >= 0.6 is 21.6 Å². The molecule has 0 aromatic rings. The fraction of sp³-hybridized carbons (Fsp3) is 0.838. The van der Waals surface area contributed by atoms with E-state index in [2.05, 4.69) is 57.9 Å². The maximum atomic E-state index is 12.6. The molecule has 3 saturated carbocycles. The summed E-state index contributed by atoms with van der Waals surface area (Å²) >= 11 is 0. The second-order valence-corrected chi connectivity index (χ2v) is 18.2. The van der Waals surface area contributed by atoms with Crippen LogP contribution in [0.15, 0.2) is 23.9 Å². The molecule has 45 heavy (non-hydrogen) atoms. The van der Waals surface area contributed by atoms with Crippen LogP contribution in [0.3, 0.4) is 0 Å². The minimum atomic E-state index is -1.03. The Morgan fingerprint density at radius 3 is 2.56 bits per heavy atom. The summed E-state index contributed by atoms with van der Waals surface area (Å²) in [7, 11) is 2.85. The Kier molecular flexibility index (Phi) is 13.6. The van der Waals surface area contributed by atoms with Crippen LogP contribution in [0.1, 0.15) is 118 Å². The summed E-state index contributed by atoms with van der Waals surface area (Å²) in [6.07, 6.45) is 17.9. The number of amides is 1. The van der Waals surface area contributed by atoms with Crippen LogP contribution in [0.2, 0.25) is 0 Å². The first-order valence-electron chi connectivity index (χ1n) is 17.9. The molecular formula is C37H61N2O4S2-. The van der Waals surface area contributed by atoms with E-state index in [0.717, 1.165) is 79.1 Å². The number of carbonyl (C=O) groups is 2. The largest absolute Gasteiger partial charge is 0.549 e. The van der Waals surface area contributed by atoms with Crippen LogP contribution in [-0.4, -0.2) is 42.8 Å². The Bertz CT molecular complexity index is 1050. The average molecular weight is 662 g/mol. The molecule has 6 nitrogen and oxygen atoms in total. The van der Waals surface area contributed by atoms with Gasteiger partial charge in [-0.3, -0.25) is 0 Å². The third-order valence-electron chi connectivity index (χ3n) is 12.3. The Morgan fingerprint density at radius 2 is 1.80 bits per heavy atom. The zero-order valence-corrected chi connectivity index (χ0v) is 30.4. The van der Waals surface area contributed by atoms with Gasteiger partial charge in [-0.15, -0.1) is 0 Å². The van der Waals surface area contributed by atoms with E-state index in [1.165, 1.54) is 62.2 Å². The van der Waals surface area contributed by atoms with Gasteiger partial charge >= 0.3 is 6.09 Å². The number of carboxylic acids is 1. The Balaban J connectivity index is 1.19. The highest BCUT2D eigenvalue weighted by molar-refractivity contribution is 8.76. The number of hydrogen-bond acceptors (Lipinski definition) is 7. The SMILES string of the molecule is C=C(CCCSSCC(=O)[O-])NCCNC(=O)OC1CCC2(C)C(=CCC3C2CCC2(C)C(C(C)CCCC(C)C)CCC32)C1. The maximum Gasteiger partial charge on any atom is 0.407 e. The van der Waals surface area contributed by atoms with Crippen molar-refractivity contribution in [2.24, 2.45) is 46.3 Å². The summed E-state index contributed by atoms with van der Waals surface area (Å²) in [5, 5.41) is 16.6. The second kappa shape index (κ2) is 16.7. The number of carbonyl (C=O) groups excluding carboxylic acids is 2. The number of aliphatic carboxylic acids is 1. The standard InChI is InChI=1S/C37H62N2O4S2/c1-25(2)9-7-10-26(3)31-14-15-32-30-13-12-28-23-29(16-18-36(28,5)33(30)17-19-37(31,32)6)43-35(42)39-21-20-38-27(4)11-8-22-44-45-24-34(40)41/h12,25-26,29-33,38H,4,7-11,13-24H2,1-3,5-6H3,(H,39,42)(H,40,41)/p-1. The Hall–Kier alpha value is -1.28. The predicted octanol–water partition coefficient (Wildman–Crippen LogP) is 8.14. The molecule has 0 radical (unpaired) electrons. The molecule has 0 spiro atoms. The van der Waals surface area contributed by atoms with Crippen molar-refractivity contribution in [3.63, 3.8) is 0 Å². The fourth-order valence-corrected chi connectivity index (χ4v) is 11.7. The molecular weight excluding hydrogens is 601 g/mol. The van der Waals surface area contributed by atoms with E-state index >= 15 is 0 Å². The number of ether oxygens (including phenoxy) is 1. The lowest BCUT2D eigenvalue weighted by molar-refractivity contribution is -0.301. The summed E-state index contributed by atoms with van der Waals surface area (Å²) in [5.41, 5.74) is 3.26. The molecule has 8 atom stereocenters. The van der Waals surface area contributed by atoms with E-state index in [1.807, 2.05) is 0 Å². The lowest BCUT2D eigenvalue weighted by Crippen LogP contribution is -2.51. The van der Waals surface area contributed by atoms with Crippen LogP contribution < -0.4 is 15.7 Å². The van der Waals surface area contributed by atoms with Gasteiger partial charge in [0, 0.05) is 36.7 Å². The number of rotatable bonds is 17. The van der Waals surface area contributed by atoms with Crippen molar-refractivity contribution >= 4 is 33.7 Å². The quantitative estimate of drug-likeness (QED) is 0.0924. The molecule has 3 fully saturated rings. The molecule has 4 aliphatic rings. The number of carboxylic acid groups (broad SMARTS) is 1. The molecule has 0 aliphatic heterocycles. The fourth-order valence-electron chi connectivity index (χ4n) is 9.93. The van der Waals surface area contributed by atoms with Gasteiger partial charge in [0.05, 0.1) is 5.97 Å². The molecule has 8 heteroatoms. The summed E-state index contributed by atoms with van der Waals surface area (Å²) in [6, 6.07) is 0. The smallest absolute Gasteiger partial charge is 0.407 e. The number of allylic oxidation sites excluding steroid dienone is 2.